The van der Waals surface area contributed by atoms with Crippen LogP contribution < -0.4 is 10.2 Å². The lowest BCUT2D eigenvalue weighted by Gasteiger charge is -2.32. The number of rotatable bonds is 8. The molecule has 0 bridgehead atoms. The molecule has 33 heavy (non-hydrogen) atoms. The summed E-state index contributed by atoms with van der Waals surface area (Å²) in [5.74, 6) is -0.505. The van der Waals surface area contributed by atoms with Gasteiger partial charge in [0.25, 0.3) is 5.91 Å². The van der Waals surface area contributed by atoms with E-state index in [1.54, 1.807) is 45.0 Å². The molecule has 0 aliphatic heterocycles. The number of sulfonamides is 1. The van der Waals surface area contributed by atoms with E-state index in [1.165, 1.54) is 25.8 Å². The summed E-state index contributed by atoms with van der Waals surface area (Å²) in [6, 6.07) is 5.18. The zero-order valence-corrected chi connectivity index (χ0v) is 19.9. The van der Waals surface area contributed by atoms with Crippen LogP contribution in [0.15, 0.2) is 35.5 Å². The summed E-state index contributed by atoms with van der Waals surface area (Å²) < 4.78 is 34.3. The number of carbonyl (C=O) groups is 1. The Morgan fingerprint density at radius 2 is 1.94 bits per heavy atom. The summed E-state index contributed by atoms with van der Waals surface area (Å²) in [6.07, 6.45) is 0.106. The van der Waals surface area contributed by atoms with Gasteiger partial charge >= 0.3 is 0 Å². The van der Waals surface area contributed by atoms with Gasteiger partial charge in [0.05, 0.1) is 35.5 Å². The van der Waals surface area contributed by atoms with E-state index >= 15 is 0 Å². The van der Waals surface area contributed by atoms with Gasteiger partial charge in [-0.2, -0.15) is 4.31 Å². The molecule has 0 unspecified atom stereocenters. The summed E-state index contributed by atoms with van der Waals surface area (Å²) in [7, 11) is -2.83. The molecule has 0 aliphatic carbocycles. The molecule has 2 aromatic carbocycles. The number of aromatic nitrogens is 2. The van der Waals surface area contributed by atoms with Gasteiger partial charge in [-0.15, -0.1) is 0 Å². The Bertz CT molecular complexity index is 1290. The highest BCUT2D eigenvalue weighted by Gasteiger charge is 2.40. The van der Waals surface area contributed by atoms with Crippen LogP contribution in [-0.2, 0) is 21.4 Å². The van der Waals surface area contributed by atoms with Gasteiger partial charge in [0.15, 0.2) is 0 Å². The Balaban J connectivity index is 2.21. The Morgan fingerprint density at radius 1 is 1.24 bits per heavy atom. The van der Waals surface area contributed by atoms with Crippen molar-refractivity contribution in [3.8, 4) is 5.75 Å². The SMILES string of the molecule is COc1cc(C)c(S(=O)(=O)N(Cc2ccc3[nH]cnc3c2)[C@@H](C(=O)NO)[C@@H](C)O)c(C)c1C. The Hall–Kier alpha value is -2.99. The third-order valence-corrected chi connectivity index (χ3v) is 7.85. The molecule has 0 aliphatic rings. The number of H-pyrrole nitrogens is 1. The minimum atomic E-state index is -4.33. The number of aliphatic hydroxyl groups is 1. The molecule has 11 heteroatoms. The van der Waals surface area contributed by atoms with Crippen molar-refractivity contribution < 1.29 is 28.3 Å². The lowest BCUT2D eigenvalue weighted by atomic mass is 10.1. The smallest absolute Gasteiger partial charge is 0.264 e. The first kappa shape index (κ1) is 24.6. The zero-order valence-electron chi connectivity index (χ0n) is 19.1. The fraction of sp³-hybridized carbons (Fsp3) is 0.364. The molecule has 4 N–H and O–H groups in total. The molecule has 3 rings (SSSR count). The Labute approximate surface area is 192 Å². The highest BCUT2D eigenvalue weighted by molar-refractivity contribution is 7.89. The number of benzene rings is 2. The molecule has 10 nitrogen and oxygen atoms in total. The van der Waals surface area contributed by atoms with Crippen LogP contribution in [0.25, 0.3) is 11.0 Å². The van der Waals surface area contributed by atoms with E-state index in [0.29, 0.717) is 33.5 Å². The van der Waals surface area contributed by atoms with E-state index in [0.717, 1.165) is 9.82 Å². The number of hydrogen-bond donors (Lipinski definition) is 4. The summed E-state index contributed by atoms with van der Waals surface area (Å²) in [4.78, 5) is 19.7. The van der Waals surface area contributed by atoms with Gasteiger partial charge in [0.1, 0.15) is 11.8 Å². The van der Waals surface area contributed by atoms with Crippen LogP contribution in [0.4, 0.5) is 0 Å². The quantitative estimate of drug-likeness (QED) is 0.287. The highest BCUT2D eigenvalue weighted by atomic mass is 32.2. The van der Waals surface area contributed by atoms with E-state index in [4.69, 9.17) is 4.74 Å². The lowest BCUT2D eigenvalue weighted by molar-refractivity contribution is -0.136. The molecule has 1 amide bonds. The predicted octanol–water partition coefficient (Wildman–Crippen LogP) is 1.94. The van der Waals surface area contributed by atoms with Crippen LogP contribution in [0.3, 0.4) is 0 Å². The van der Waals surface area contributed by atoms with E-state index < -0.39 is 28.1 Å². The normalized spacial score (nSPS) is 13.8. The first-order valence-corrected chi connectivity index (χ1v) is 11.7. The molecular weight excluding hydrogens is 448 g/mol. The van der Waals surface area contributed by atoms with Gasteiger partial charge in [0, 0.05) is 6.54 Å². The molecular formula is C22H28N4O6S. The van der Waals surface area contributed by atoms with Gasteiger partial charge in [-0.3, -0.25) is 10.0 Å². The second-order valence-corrected chi connectivity index (χ2v) is 9.77. The second-order valence-electron chi connectivity index (χ2n) is 7.94. The molecule has 3 aromatic rings. The maximum absolute atomic E-state index is 14.0. The number of ether oxygens (including phenoxy) is 1. The second kappa shape index (κ2) is 9.48. The number of aryl methyl sites for hydroxylation is 1. The molecule has 178 valence electrons. The number of aromatic amines is 1. The maximum atomic E-state index is 14.0. The lowest BCUT2D eigenvalue weighted by Crippen LogP contribution is -2.54. The highest BCUT2D eigenvalue weighted by Crippen LogP contribution is 2.34. The largest absolute Gasteiger partial charge is 0.496 e. The summed E-state index contributed by atoms with van der Waals surface area (Å²) in [6.45, 7) is 6.10. The van der Waals surface area contributed by atoms with Crippen LogP contribution in [0.1, 0.15) is 29.2 Å². The van der Waals surface area contributed by atoms with Crippen molar-refractivity contribution in [2.75, 3.05) is 7.11 Å². The van der Waals surface area contributed by atoms with Crippen LogP contribution in [0, 0.1) is 20.8 Å². The van der Waals surface area contributed by atoms with Crippen molar-refractivity contribution in [1.29, 1.82) is 0 Å². The van der Waals surface area contributed by atoms with Crippen molar-refractivity contribution in [3.63, 3.8) is 0 Å². The minimum Gasteiger partial charge on any atom is -0.496 e. The van der Waals surface area contributed by atoms with Crippen molar-refractivity contribution >= 4 is 27.0 Å². The topological polar surface area (TPSA) is 145 Å². The molecule has 0 spiro atoms. The number of aliphatic hydroxyl groups excluding tert-OH is 1. The van der Waals surface area contributed by atoms with Crippen molar-refractivity contribution in [3.05, 3.63) is 52.8 Å². The average Bonchev–Trinajstić information content (AvgIpc) is 3.23. The van der Waals surface area contributed by atoms with Gasteiger partial charge < -0.3 is 14.8 Å². The Morgan fingerprint density at radius 3 is 2.55 bits per heavy atom. The fourth-order valence-electron chi connectivity index (χ4n) is 3.99. The van der Waals surface area contributed by atoms with Crippen molar-refractivity contribution in [1.82, 2.24) is 19.8 Å². The van der Waals surface area contributed by atoms with Gasteiger partial charge in [-0.05, 0) is 68.1 Å². The number of fused-ring (bicyclic) bond motifs is 1. The van der Waals surface area contributed by atoms with Crippen LogP contribution in [0.2, 0.25) is 0 Å². The monoisotopic (exact) mass is 476 g/mol. The molecule has 0 saturated carbocycles. The zero-order chi connectivity index (χ0) is 24.5. The number of imidazole rings is 1. The molecule has 0 saturated heterocycles. The van der Waals surface area contributed by atoms with Gasteiger partial charge in [0.2, 0.25) is 10.0 Å². The molecule has 0 radical (unpaired) electrons. The molecule has 1 aromatic heterocycles. The Kier molecular flexibility index (Phi) is 7.08. The van der Waals surface area contributed by atoms with Crippen LogP contribution >= 0.6 is 0 Å². The first-order chi connectivity index (χ1) is 15.5. The maximum Gasteiger partial charge on any atom is 0.264 e. The van der Waals surface area contributed by atoms with Crippen LogP contribution in [0.5, 0.6) is 5.75 Å². The number of carbonyl (C=O) groups excluding carboxylic acids is 1. The summed E-state index contributed by atoms with van der Waals surface area (Å²) >= 11 is 0. The van der Waals surface area contributed by atoms with E-state index in [2.05, 4.69) is 9.97 Å². The molecule has 2 atom stereocenters. The predicted molar refractivity (Wildman–Crippen MR) is 121 cm³/mol. The van der Waals surface area contributed by atoms with E-state index in [-0.39, 0.29) is 11.4 Å². The molecule has 0 fully saturated rings. The summed E-state index contributed by atoms with van der Waals surface area (Å²) in [5, 5.41) is 19.6. The van der Waals surface area contributed by atoms with E-state index in [1.807, 2.05) is 0 Å². The van der Waals surface area contributed by atoms with Crippen molar-refractivity contribution in [2.24, 2.45) is 0 Å². The van der Waals surface area contributed by atoms with Gasteiger partial charge in [-0.1, -0.05) is 6.07 Å². The number of hydroxylamine groups is 1. The fourth-order valence-corrected chi connectivity index (χ4v) is 6.12. The number of hydrogen-bond acceptors (Lipinski definition) is 7. The third kappa shape index (κ3) is 4.58. The number of amides is 1. The van der Waals surface area contributed by atoms with Crippen molar-refractivity contribution in [2.45, 2.75) is 51.3 Å². The van der Waals surface area contributed by atoms with Gasteiger partial charge in [-0.25, -0.2) is 18.9 Å². The summed E-state index contributed by atoms with van der Waals surface area (Å²) in [5.41, 5.74) is 4.95. The van der Waals surface area contributed by atoms with Crippen LogP contribution in [-0.4, -0.2) is 58.2 Å². The third-order valence-electron chi connectivity index (χ3n) is 5.74. The minimum absolute atomic E-state index is 0.0121. The standard InChI is InChI=1S/C22H28N4O6S/c1-12-8-19(32-5)13(2)14(3)21(12)33(30,31)26(20(15(4)27)22(28)25-29)10-16-6-7-17-18(9-16)24-11-23-17/h6-9,11,15,20,27,29H,10H2,1-5H3,(H,23,24)(H,25,28)/t15-,20-/m1/s1. The number of methoxy groups -OCH3 is 1. The number of nitrogens with zero attached hydrogens (tertiary/aromatic N) is 2. The average molecular weight is 477 g/mol. The molecule has 1 heterocycles. The first-order valence-electron chi connectivity index (χ1n) is 10.2. The number of nitrogens with one attached hydrogen (secondary N) is 2. The van der Waals surface area contributed by atoms with E-state index in [9.17, 15) is 23.5 Å².